The predicted molar refractivity (Wildman–Crippen MR) is 66.6 cm³/mol. The molecular weight excluding hydrogens is 218 g/mol. The Morgan fingerprint density at radius 1 is 1.41 bits per heavy atom. The van der Waals surface area contributed by atoms with Gasteiger partial charge in [0.2, 0.25) is 0 Å². The fraction of sp³-hybridized carbons (Fsp3) is 0.923. The van der Waals surface area contributed by atoms with Crippen LogP contribution in [0, 0.1) is 5.92 Å². The van der Waals surface area contributed by atoms with Crippen molar-refractivity contribution in [1.82, 2.24) is 0 Å². The summed E-state index contributed by atoms with van der Waals surface area (Å²) in [5.41, 5.74) is 5.36. The zero-order valence-corrected chi connectivity index (χ0v) is 11.0. The van der Waals surface area contributed by atoms with E-state index in [-0.39, 0.29) is 5.97 Å². The van der Waals surface area contributed by atoms with E-state index < -0.39 is 5.54 Å². The first-order chi connectivity index (χ1) is 8.08. The number of hydrogen-bond donors (Lipinski definition) is 1. The Kier molecular flexibility index (Phi) is 5.92. The van der Waals surface area contributed by atoms with Gasteiger partial charge < -0.3 is 15.2 Å². The summed E-state index contributed by atoms with van der Waals surface area (Å²) in [6, 6.07) is 0. The Balaban J connectivity index is 2.26. The van der Waals surface area contributed by atoms with Gasteiger partial charge in [-0.2, -0.15) is 0 Å². The molecule has 0 saturated heterocycles. The van der Waals surface area contributed by atoms with Crippen LogP contribution in [0.15, 0.2) is 0 Å². The van der Waals surface area contributed by atoms with Gasteiger partial charge in [0.05, 0.1) is 6.61 Å². The third-order valence-corrected chi connectivity index (χ3v) is 3.25. The third kappa shape index (κ3) is 4.64. The van der Waals surface area contributed by atoms with Gasteiger partial charge in [-0.25, -0.2) is 0 Å². The third-order valence-electron chi connectivity index (χ3n) is 3.25. The Hall–Kier alpha value is -0.610. The monoisotopic (exact) mass is 243 g/mol. The molecule has 0 aromatic rings. The molecule has 0 aromatic carbocycles. The minimum Gasteiger partial charge on any atom is -0.462 e. The molecule has 0 spiro atoms. The first-order valence-corrected chi connectivity index (χ1v) is 6.62. The summed E-state index contributed by atoms with van der Waals surface area (Å²) < 4.78 is 10.4. The van der Waals surface area contributed by atoms with Crippen LogP contribution in [0.4, 0.5) is 0 Å². The van der Waals surface area contributed by atoms with E-state index in [1.165, 1.54) is 0 Å². The molecule has 1 saturated carbocycles. The predicted octanol–water partition coefficient (Wildman–Crippen LogP) is 1.86. The molecule has 1 fully saturated rings. The van der Waals surface area contributed by atoms with Crippen LogP contribution >= 0.6 is 0 Å². The van der Waals surface area contributed by atoms with Gasteiger partial charge in [0.15, 0.2) is 0 Å². The molecule has 100 valence electrons. The fourth-order valence-electron chi connectivity index (χ4n) is 2.36. The highest BCUT2D eigenvalue weighted by molar-refractivity contribution is 5.80. The molecule has 1 rings (SSSR count). The minimum absolute atomic E-state index is 0.260. The summed E-state index contributed by atoms with van der Waals surface area (Å²) >= 11 is 0. The van der Waals surface area contributed by atoms with Crippen molar-refractivity contribution in [3.63, 3.8) is 0 Å². The lowest BCUT2D eigenvalue weighted by Gasteiger charge is -2.34. The molecule has 1 aliphatic rings. The summed E-state index contributed by atoms with van der Waals surface area (Å²) in [4.78, 5) is 11.9. The molecule has 4 nitrogen and oxygen atoms in total. The van der Waals surface area contributed by atoms with Crippen molar-refractivity contribution in [2.24, 2.45) is 11.7 Å². The lowest BCUT2D eigenvalue weighted by Crippen LogP contribution is -2.52. The van der Waals surface area contributed by atoms with E-state index in [0.717, 1.165) is 32.1 Å². The number of carbonyl (C=O) groups is 1. The van der Waals surface area contributed by atoms with E-state index in [4.69, 9.17) is 15.2 Å². The van der Waals surface area contributed by atoms with Crippen molar-refractivity contribution in [1.29, 1.82) is 0 Å². The van der Waals surface area contributed by atoms with Gasteiger partial charge in [-0.1, -0.05) is 26.7 Å². The van der Waals surface area contributed by atoms with E-state index in [1.54, 1.807) is 0 Å². The van der Waals surface area contributed by atoms with Crippen LogP contribution in [0.5, 0.6) is 0 Å². The number of carbonyl (C=O) groups excluding carboxylic acids is 1. The highest BCUT2D eigenvalue weighted by Crippen LogP contribution is 2.31. The van der Waals surface area contributed by atoms with Gasteiger partial charge in [-0.05, 0) is 25.2 Å². The lowest BCUT2D eigenvalue weighted by molar-refractivity contribution is -0.153. The van der Waals surface area contributed by atoms with Gasteiger partial charge in [-0.15, -0.1) is 0 Å². The Morgan fingerprint density at radius 2 is 2.18 bits per heavy atom. The molecule has 0 aliphatic heterocycles. The lowest BCUT2D eigenvalue weighted by atomic mass is 9.77. The quantitative estimate of drug-likeness (QED) is 0.571. The van der Waals surface area contributed by atoms with Crippen LogP contribution in [0.1, 0.15) is 46.0 Å². The van der Waals surface area contributed by atoms with Crippen molar-refractivity contribution in [2.45, 2.75) is 51.5 Å². The van der Waals surface area contributed by atoms with E-state index in [1.807, 2.05) is 6.92 Å². The zero-order valence-electron chi connectivity index (χ0n) is 11.0. The number of esters is 1. The number of rotatable bonds is 6. The van der Waals surface area contributed by atoms with Crippen LogP contribution in [0.3, 0.4) is 0 Å². The van der Waals surface area contributed by atoms with Crippen molar-refractivity contribution in [3.05, 3.63) is 0 Å². The first kappa shape index (κ1) is 14.5. The molecule has 17 heavy (non-hydrogen) atoms. The molecular formula is C13H25NO3. The average Bonchev–Trinajstić information content (AvgIpc) is 2.28. The van der Waals surface area contributed by atoms with Crippen LogP contribution in [-0.2, 0) is 14.3 Å². The highest BCUT2D eigenvalue weighted by atomic mass is 16.6. The van der Waals surface area contributed by atoms with Crippen molar-refractivity contribution >= 4 is 5.97 Å². The molecule has 4 heteroatoms. The largest absolute Gasteiger partial charge is 0.462 e. The SMILES string of the molecule is CCCOCCOC(=O)C1(N)CCCC(C)C1. The maximum Gasteiger partial charge on any atom is 0.326 e. The normalized spacial score (nSPS) is 29.0. The number of nitrogens with two attached hydrogens (primary N) is 1. The topological polar surface area (TPSA) is 61.5 Å². The molecule has 0 radical (unpaired) electrons. The molecule has 2 N–H and O–H groups in total. The van der Waals surface area contributed by atoms with Crippen LogP contribution in [0.25, 0.3) is 0 Å². The number of hydrogen-bond acceptors (Lipinski definition) is 4. The first-order valence-electron chi connectivity index (χ1n) is 6.62. The van der Waals surface area contributed by atoms with Gasteiger partial charge in [-0.3, -0.25) is 4.79 Å². The van der Waals surface area contributed by atoms with Crippen LogP contribution in [0.2, 0.25) is 0 Å². The second-order valence-corrected chi connectivity index (χ2v) is 5.11. The summed E-state index contributed by atoms with van der Waals surface area (Å²) in [6.45, 7) is 5.67. The molecule has 0 bridgehead atoms. The van der Waals surface area contributed by atoms with Crippen LogP contribution in [-0.4, -0.2) is 31.3 Å². The van der Waals surface area contributed by atoms with Crippen LogP contribution < -0.4 is 5.73 Å². The summed E-state index contributed by atoms with van der Waals surface area (Å²) in [5.74, 6) is 0.252. The maximum atomic E-state index is 11.9. The van der Waals surface area contributed by atoms with Gasteiger partial charge in [0, 0.05) is 6.61 Å². The van der Waals surface area contributed by atoms with Gasteiger partial charge in [0.1, 0.15) is 12.1 Å². The highest BCUT2D eigenvalue weighted by Gasteiger charge is 2.39. The molecule has 0 aromatic heterocycles. The van der Waals surface area contributed by atoms with E-state index >= 15 is 0 Å². The summed E-state index contributed by atoms with van der Waals surface area (Å²) in [6.07, 6.45) is 4.63. The van der Waals surface area contributed by atoms with E-state index in [9.17, 15) is 4.79 Å². The van der Waals surface area contributed by atoms with E-state index in [2.05, 4.69) is 6.92 Å². The fourth-order valence-corrected chi connectivity index (χ4v) is 2.36. The van der Waals surface area contributed by atoms with Gasteiger partial charge in [0.25, 0.3) is 0 Å². The Morgan fingerprint density at radius 3 is 2.82 bits per heavy atom. The molecule has 0 heterocycles. The maximum absolute atomic E-state index is 11.9. The summed E-state index contributed by atoms with van der Waals surface area (Å²) in [5, 5.41) is 0. The molecule has 1 aliphatic carbocycles. The van der Waals surface area contributed by atoms with Crippen molar-refractivity contribution < 1.29 is 14.3 Å². The molecule has 0 amide bonds. The van der Waals surface area contributed by atoms with Crippen molar-refractivity contribution in [2.75, 3.05) is 19.8 Å². The second kappa shape index (κ2) is 6.97. The molecule has 2 unspecified atom stereocenters. The Labute approximate surface area is 104 Å². The van der Waals surface area contributed by atoms with E-state index in [0.29, 0.717) is 25.7 Å². The second-order valence-electron chi connectivity index (χ2n) is 5.11. The molecule has 2 atom stereocenters. The van der Waals surface area contributed by atoms with Crippen molar-refractivity contribution in [3.8, 4) is 0 Å². The minimum atomic E-state index is -0.761. The average molecular weight is 243 g/mol. The summed E-state index contributed by atoms with van der Waals surface area (Å²) in [7, 11) is 0. The zero-order chi connectivity index (χ0) is 12.7. The smallest absolute Gasteiger partial charge is 0.326 e. The number of ether oxygens (including phenoxy) is 2. The van der Waals surface area contributed by atoms with Gasteiger partial charge >= 0.3 is 5.97 Å². The Bertz CT molecular complexity index is 245. The standard InChI is InChI=1S/C13H25NO3/c1-3-7-16-8-9-17-12(15)13(14)6-4-5-11(2)10-13/h11H,3-10,14H2,1-2H3.